The van der Waals surface area contributed by atoms with Crippen molar-refractivity contribution < 1.29 is 14.2 Å². The van der Waals surface area contributed by atoms with Gasteiger partial charge in [-0.15, -0.1) is 0 Å². The van der Waals surface area contributed by atoms with E-state index in [-0.39, 0.29) is 0 Å². The lowest BCUT2D eigenvalue weighted by Gasteiger charge is -2.34. The molecule has 2 unspecified atom stereocenters. The van der Waals surface area contributed by atoms with Crippen molar-refractivity contribution >= 4 is 0 Å². The predicted octanol–water partition coefficient (Wildman–Crippen LogP) is 0.725. The van der Waals surface area contributed by atoms with E-state index in [1.807, 2.05) is 13.8 Å². The second kappa shape index (κ2) is 10.6. The van der Waals surface area contributed by atoms with Gasteiger partial charge >= 0.3 is 0 Å². The highest BCUT2D eigenvalue weighted by Gasteiger charge is 2.29. The Bertz CT molecular complexity index is 201. The Morgan fingerprint density at radius 3 is 2.26 bits per heavy atom. The van der Waals surface area contributed by atoms with E-state index < -0.39 is 0 Å². The Morgan fingerprint density at radius 2 is 1.84 bits per heavy atom. The molecule has 1 aliphatic rings. The van der Waals surface area contributed by atoms with Gasteiger partial charge in [-0.1, -0.05) is 0 Å². The minimum Gasteiger partial charge on any atom is -0.381 e. The molecule has 1 heterocycles. The Hall–Kier alpha value is -0.200. The van der Waals surface area contributed by atoms with E-state index >= 15 is 0 Å². The molecule has 0 bridgehead atoms. The SMILES string of the molecule is CCOCCN(CCOCC)C(CN)C1CCOC1. The normalized spacial score (nSPS) is 21.2. The second-order valence-electron chi connectivity index (χ2n) is 4.86. The number of rotatable bonds is 11. The average molecular weight is 274 g/mol. The van der Waals surface area contributed by atoms with Crippen LogP contribution in [0.2, 0.25) is 0 Å². The first kappa shape index (κ1) is 16.9. The van der Waals surface area contributed by atoms with Crippen molar-refractivity contribution in [1.29, 1.82) is 0 Å². The summed E-state index contributed by atoms with van der Waals surface area (Å²) in [7, 11) is 0. The number of nitrogens with zero attached hydrogens (tertiary/aromatic N) is 1. The summed E-state index contributed by atoms with van der Waals surface area (Å²) in [6.07, 6.45) is 1.11. The standard InChI is InChI=1S/C14H30N2O3/c1-3-17-9-6-16(7-10-18-4-2)14(11-15)13-5-8-19-12-13/h13-14H,3-12,15H2,1-2H3. The molecule has 1 aliphatic heterocycles. The van der Waals surface area contributed by atoms with Crippen molar-refractivity contribution in [2.45, 2.75) is 26.3 Å². The van der Waals surface area contributed by atoms with E-state index in [0.29, 0.717) is 18.5 Å². The van der Waals surface area contributed by atoms with Crippen LogP contribution in [0.15, 0.2) is 0 Å². The van der Waals surface area contributed by atoms with E-state index in [1.54, 1.807) is 0 Å². The summed E-state index contributed by atoms with van der Waals surface area (Å²) < 4.78 is 16.4. The second-order valence-corrected chi connectivity index (χ2v) is 4.86. The summed E-state index contributed by atoms with van der Waals surface area (Å²) in [4.78, 5) is 2.41. The molecule has 1 rings (SSSR count). The van der Waals surface area contributed by atoms with Crippen LogP contribution >= 0.6 is 0 Å². The molecule has 0 aromatic rings. The van der Waals surface area contributed by atoms with Crippen molar-refractivity contribution in [2.75, 3.05) is 59.3 Å². The van der Waals surface area contributed by atoms with Crippen LogP contribution < -0.4 is 5.73 Å². The van der Waals surface area contributed by atoms with E-state index in [4.69, 9.17) is 19.9 Å². The number of nitrogens with two attached hydrogens (primary N) is 1. The fourth-order valence-electron chi connectivity index (χ4n) is 2.59. The van der Waals surface area contributed by atoms with Crippen LogP contribution in [0, 0.1) is 5.92 Å². The molecule has 5 nitrogen and oxygen atoms in total. The van der Waals surface area contributed by atoms with Crippen molar-refractivity contribution in [1.82, 2.24) is 4.90 Å². The fraction of sp³-hybridized carbons (Fsp3) is 1.00. The van der Waals surface area contributed by atoms with E-state index in [1.165, 1.54) is 0 Å². The van der Waals surface area contributed by atoms with Crippen LogP contribution in [-0.4, -0.2) is 70.2 Å². The first-order valence-corrected chi connectivity index (χ1v) is 7.50. The van der Waals surface area contributed by atoms with Crippen LogP contribution in [0.1, 0.15) is 20.3 Å². The maximum Gasteiger partial charge on any atom is 0.0593 e. The first-order chi connectivity index (χ1) is 9.33. The summed E-state index contributed by atoms with van der Waals surface area (Å²) in [6.45, 7) is 11.3. The highest BCUT2D eigenvalue weighted by atomic mass is 16.5. The molecular formula is C14H30N2O3. The van der Waals surface area contributed by atoms with Gasteiger partial charge in [-0.2, -0.15) is 0 Å². The summed E-state index contributed by atoms with van der Waals surface area (Å²) >= 11 is 0. The first-order valence-electron chi connectivity index (χ1n) is 7.50. The molecule has 1 saturated heterocycles. The summed E-state index contributed by atoms with van der Waals surface area (Å²) in [5, 5.41) is 0. The summed E-state index contributed by atoms with van der Waals surface area (Å²) in [6, 6.07) is 0.378. The molecule has 1 fully saturated rings. The molecule has 2 N–H and O–H groups in total. The van der Waals surface area contributed by atoms with E-state index in [2.05, 4.69) is 4.90 Å². The number of ether oxygens (including phenoxy) is 3. The Balaban J connectivity index is 2.46. The van der Waals surface area contributed by atoms with E-state index in [0.717, 1.165) is 59.2 Å². The van der Waals surface area contributed by atoms with Gasteiger partial charge in [0, 0.05) is 51.4 Å². The lowest BCUT2D eigenvalue weighted by molar-refractivity contribution is 0.0461. The van der Waals surface area contributed by atoms with Gasteiger partial charge in [0.15, 0.2) is 0 Å². The quantitative estimate of drug-likeness (QED) is 0.563. The predicted molar refractivity (Wildman–Crippen MR) is 76.3 cm³/mol. The van der Waals surface area contributed by atoms with Crippen LogP contribution in [0.3, 0.4) is 0 Å². The highest BCUT2D eigenvalue weighted by Crippen LogP contribution is 2.20. The molecule has 0 aliphatic carbocycles. The van der Waals surface area contributed by atoms with Crippen molar-refractivity contribution in [2.24, 2.45) is 11.7 Å². The minimum atomic E-state index is 0.378. The zero-order chi connectivity index (χ0) is 13.9. The topological polar surface area (TPSA) is 57.0 Å². The molecule has 0 amide bonds. The van der Waals surface area contributed by atoms with E-state index in [9.17, 15) is 0 Å². The third kappa shape index (κ3) is 6.19. The van der Waals surface area contributed by atoms with Crippen molar-refractivity contribution in [3.8, 4) is 0 Å². The molecule has 0 aromatic heterocycles. The number of hydrogen-bond donors (Lipinski definition) is 1. The van der Waals surface area contributed by atoms with Gasteiger partial charge in [-0.25, -0.2) is 0 Å². The van der Waals surface area contributed by atoms with Gasteiger partial charge < -0.3 is 19.9 Å². The zero-order valence-corrected chi connectivity index (χ0v) is 12.5. The lowest BCUT2D eigenvalue weighted by Crippen LogP contribution is -2.48. The molecule has 0 saturated carbocycles. The molecule has 19 heavy (non-hydrogen) atoms. The molecule has 5 heteroatoms. The average Bonchev–Trinajstić information content (AvgIpc) is 2.93. The highest BCUT2D eigenvalue weighted by molar-refractivity contribution is 4.83. The molecule has 114 valence electrons. The third-order valence-electron chi connectivity index (χ3n) is 3.67. The minimum absolute atomic E-state index is 0.378. The Morgan fingerprint density at radius 1 is 1.21 bits per heavy atom. The van der Waals surface area contributed by atoms with Gasteiger partial charge in [0.2, 0.25) is 0 Å². The molecular weight excluding hydrogens is 244 g/mol. The van der Waals surface area contributed by atoms with Crippen molar-refractivity contribution in [3.05, 3.63) is 0 Å². The number of hydrogen-bond acceptors (Lipinski definition) is 5. The van der Waals surface area contributed by atoms with Crippen LogP contribution in [-0.2, 0) is 14.2 Å². The van der Waals surface area contributed by atoms with Gasteiger partial charge in [0.1, 0.15) is 0 Å². The smallest absolute Gasteiger partial charge is 0.0593 e. The maximum atomic E-state index is 5.98. The maximum absolute atomic E-state index is 5.98. The van der Waals surface area contributed by atoms with Crippen LogP contribution in [0.5, 0.6) is 0 Å². The lowest BCUT2D eigenvalue weighted by atomic mass is 9.97. The van der Waals surface area contributed by atoms with Gasteiger partial charge in [0.05, 0.1) is 19.8 Å². The zero-order valence-electron chi connectivity index (χ0n) is 12.5. The van der Waals surface area contributed by atoms with Crippen molar-refractivity contribution in [3.63, 3.8) is 0 Å². The van der Waals surface area contributed by atoms with Crippen LogP contribution in [0.25, 0.3) is 0 Å². The van der Waals surface area contributed by atoms with Gasteiger partial charge in [-0.3, -0.25) is 4.90 Å². The monoisotopic (exact) mass is 274 g/mol. The largest absolute Gasteiger partial charge is 0.381 e. The summed E-state index contributed by atoms with van der Waals surface area (Å²) in [5.41, 5.74) is 5.98. The van der Waals surface area contributed by atoms with Gasteiger partial charge in [-0.05, 0) is 20.3 Å². The van der Waals surface area contributed by atoms with Gasteiger partial charge in [0.25, 0.3) is 0 Å². The summed E-state index contributed by atoms with van der Waals surface area (Å²) in [5.74, 6) is 0.549. The molecule has 0 radical (unpaired) electrons. The molecule has 2 atom stereocenters. The molecule has 0 spiro atoms. The third-order valence-corrected chi connectivity index (χ3v) is 3.67. The molecule has 0 aromatic carbocycles. The Kier molecular flexibility index (Phi) is 9.38. The van der Waals surface area contributed by atoms with Crippen LogP contribution in [0.4, 0.5) is 0 Å². The fourth-order valence-corrected chi connectivity index (χ4v) is 2.59. The Labute approximate surface area is 117 Å².